The van der Waals surface area contributed by atoms with Crippen LogP contribution in [-0.2, 0) is 4.79 Å². The maximum atomic E-state index is 16.9. The second kappa shape index (κ2) is 11.1. The highest BCUT2D eigenvalue weighted by Crippen LogP contribution is 2.42. The lowest BCUT2D eigenvalue weighted by molar-refractivity contribution is -0.126. The molecule has 4 aliphatic rings. The molecule has 0 spiro atoms. The summed E-state index contributed by atoms with van der Waals surface area (Å²) < 4.78 is 37.6. The number of anilines is 1. The number of piperazine rings is 1. The zero-order valence-electron chi connectivity index (χ0n) is 25.6. The molecule has 2 bridgehead atoms. The van der Waals surface area contributed by atoms with Crippen LogP contribution in [0.15, 0.2) is 36.5 Å². The van der Waals surface area contributed by atoms with Gasteiger partial charge in [-0.1, -0.05) is 18.1 Å². The third-order valence-corrected chi connectivity index (χ3v) is 10.4. The number of hydrogen-bond acceptors (Lipinski definition) is 9. The number of carbonyl (C=O) groups is 1. The summed E-state index contributed by atoms with van der Waals surface area (Å²) in [6, 6.07) is 8.05. The summed E-state index contributed by atoms with van der Waals surface area (Å²) in [6.07, 6.45) is 10.9. The van der Waals surface area contributed by atoms with Crippen LogP contribution in [0.3, 0.4) is 0 Å². The molecule has 6 heterocycles. The quantitative estimate of drug-likeness (QED) is 0.235. The van der Waals surface area contributed by atoms with E-state index in [4.69, 9.17) is 21.6 Å². The fourth-order valence-corrected chi connectivity index (χ4v) is 8.39. The van der Waals surface area contributed by atoms with Gasteiger partial charge in [0.05, 0.1) is 29.2 Å². The number of hydrogen-bond donors (Lipinski definition) is 2. The third-order valence-electron chi connectivity index (χ3n) is 10.4. The lowest BCUT2D eigenvalue weighted by atomic mass is 9.95. The number of nitrogens with zero attached hydrogens (tertiary/aromatic N) is 6. The van der Waals surface area contributed by atoms with E-state index in [0.29, 0.717) is 59.2 Å². The van der Waals surface area contributed by atoms with Crippen molar-refractivity contribution >= 4 is 39.6 Å². The molecule has 47 heavy (non-hydrogen) atoms. The average molecular weight is 638 g/mol. The highest BCUT2D eigenvalue weighted by atomic mass is 19.1. The molecule has 4 aliphatic heterocycles. The molecule has 2 aromatic heterocycles. The van der Waals surface area contributed by atoms with Gasteiger partial charge in [0.1, 0.15) is 35.6 Å². The minimum Gasteiger partial charge on any atom is -0.508 e. The SMILES string of the molecule is C#Cc1cccc2cc(O)cc(-c3ncc4c(N5CC6CCC(C5)N6C(=O)C=N)nc(OCC56CCCN5CC(F)C6)nc4c3F)c12. The number of aromatic nitrogens is 3. The van der Waals surface area contributed by atoms with Gasteiger partial charge in [-0.25, -0.2) is 8.78 Å². The van der Waals surface area contributed by atoms with Crippen LogP contribution in [0.5, 0.6) is 11.8 Å². The Hall–Kier alpha value is -4.89. The Bertz CT molecular complexity index is 1990. The Morgan fingerprint density at radius 3 is 2.79 bits per heavy atom. The number of pyridine rings is 1. The Labute approximate surface area is 269 Å². The van der Waals surface area contributed by atoms with Gasteiger partial charge in [-0.3, -0.25) is 14.7 Å². The molecule has 8 rings (SSSR count). The van der Waals surface area contributed by atoms with Crippen LogP contribution >= 0.6 is 0 Å². The summed E-state index contributed by atoms with van der Waals surface area (Å²) in [5.41, 5.74) is 0.361. The van der Waals surface area contributed by atoms with Gasteiger partial charge in [0.25, 0.3) is 5.91 Å². The molecule has 4 fully saturated rings. The van der Waals surface area contributed by atoms with Gasteiger partial charge in [-0.2, -0.15) is 9.97 Å². The highest BCUT2D eigenvalue weighted by molar-refractivity contribution is 6.25. The number of halogens is 2. The van der Waals surface area contributed by atoms with E-state index in [0.717, 1.165) is 38.4 Å². The van der Waals surface area contributed by atoms with Crippen molar-refractivity contribution in [1.29, 1.82) is 5.41 Å². The number of phenolic OH excluding ortho intramolecular Hbond substituents is 1. The largest absolute Gasteiger partial charge is 0.508 e. The van der Waals surface area contributed by atoms with E-state index in [9.17, 15) is 14.3 Å². The summed E-state index contributed by atoms with van der Waals surface area (Å²) in [7, 11) is 0. The number of ether oxygens (including phenoxy) is 1. The molecular formula is C35H33F2N7O3. The zero-order chi connectivity index (χ0) is 32.4. The summed E-state index contributed by atoms with van der Waals surface area (Å²) in [6.45, 7) is 2.23. The number of terminal acetylenes is 1. The van der Waals surface area contributed by atoms with Crippen molar-refractivity contribution in [2.24, 2.45) is 0 Å². The summed E-state index contributed by atoms with van der Waals surface area (Å²) in [5.74, 6) is 1.98. The molecule has 2 aromatic carbocycles. The van der Waals surface area contributed by atoms with E-state index in [-0.39, 0.29) is 47.6 Å². The monoisotopic (exact) mass is 637 g/mol. The number of alkyl halides is 1. The van der Waals surface area contributed by atoms with Gasteiger partial charge in [0, 0.05) is 48.8 Å². The Morgan fingerprint density at radius 1 is 1.21 bits per heavy atom. The topological polar surface area (TPSA) is 119 Å². The molecule has 12 heteroatoms. The van der Waals surface area contributed by atoms with Crippen molar-refractivity contribution < 1.29 is 23.4 Å². The molecule has 2 N–H and O–H groups in total. The third kappa shape index (κ3) is 4.75. The van der Waals surface area contributed by atoms with Crippen LogP contribution < -0.4 is 9.64 Å². The molecule has 4 aromatic rings. The lowest BCUT2D eigenvalue weighted by Crippen LogP contribution is -2.56. The molecule has 4 saturated heterocycles. The van der Waals surface area contributed by atoms with Crippen molar-refractivity contribution in [3.05, 3.63) is 47.9 Å². The molecule has 0 radical (unpaired) electrons. The first-order valence-corrected chi connectivity index (χ1v) is 16.0. The zero-order valence-corrected chi connectivity index (χ0v) is 25.6. The van der Waals surface area contributed by atoms with Crippen LogP contribution in [0.1, 0.15) is 37.7 Å². The van der Waals surface area contributed by atoms with Crippen LogP contribution in [0, 0.1) is 23.6 Å². The van der Waals surface area contributed by atoms with E-state index in [2.05, 4.69) is 20.8 Å². The minimum absolute atomic E-state index is 0.00871. The minimum atomic E-state index is -0.932. The Kier molecular flexibility index (Phi) is 6.98. The van der Waals surface area contributed by atoms with Gasteiger partial charge < -0.3 is 25.1 Å². The fraction of sp³-hybridized carbons (Fsp3) is 0.400. The number of fused-ring (bicyclic) bond motifs is 5. The average Bonchev–Trinajstić information content (AvgIpc) is 3.69. The highest BCUT2D eigenvalue weighted by Gasteiger charge is 2.49. The molecule has 0 aliphatic carbocycles. The molecule has 0 saturated carbocycles. The van der Waals surface area contributed by atoms with E-state index in [1.165, 1.54) is 12.3 Å². The van der Waals surface area contributed by atoms with Gasteiger partial charge in [0.2, 0.25) is 0 Å². The predicted octanol–water partition coefficient (Wildman–Crippen LogP) is 4.46. The van der Waals surface area contributed by atoms with E-state index < -0.39 is 17.5 Å². The van der Waals surface area contributed by atoms with Crippen LogP contribution in [-0.4, -0.2) is 98.6 Å². The normalized spacial score (nSPS) is 25.3. The predicted molar refractivity (Wildman–Crippen MR) is 173 cm³/mol. The molecule has 240 valence electrons. The maximum absolute atomic E-state index is 16.9. The van der Waals surface area contributed by atoms with E-state index in [1.54, 1.807) is 29.2 Å². The maximum Gasteiger partial charge on any atom is 0.319 e. The number of amides is 1. The first-order valence-electron chi connectivity index (χ1n) is 16.0. The van der Waals surface area contributed by atoms with Crippen LogP contribution in [0.2, 0.25) is 0 Å². The number of phenols is 1. The molecular weight excluding hydrogens is 604 g/mol. The van der Waals surface area contributed by atoms with Crippen LogP contribution in [0.25, 0.3) is 32.9 Å². The van der Waals surface area contributed by atoms with Crippen molar-refractivity contribution in [3.8, 4) is 35.4 Å². The van der Waals surface area contributed by atoms with Gasteiger partial charge in [0.15, 0.2) is 5.82 Å². The van der Waals surface area contributed by atoms with Crippen molar-refractivity contribution in [3.63, 3.8) is 0 Å². The second-order valence-corrected chi connectivity index (χ2v) is 13.1. The molecule has 10 nitrogen and oxygen atoms in total. The summed E-state index contributed by atoms with van der Waals surface area (Å²) in [5, 5.41) is 19.7. The first-order chi connectivity index (χ1) is 22.8. The van der Waals surface area contributed by atoms with E-state index in [1.807, 2.05) is 4.90 Å². The second-order valence-electron chi connectivity index (χ2n) is 13.1. The standard InChI is InChI=1S/C35H33F2N7O3/c1-2-20-5-3-6-21-11-25(45)12-26(29(20)21)31-30(37)32-27(15-39-31)33(42-17-23-7-8-24(18-42)44(23)28(46)14-38)41-34(40-32)47-19-35-9-4-10-43(35)16-22(36)13-35/h1,3,5-6,11-12,14-15,22-24,38,45H,4,7-10,13,16-19H2. The number of aromatic hydroxyl groups is 1. The van der Waals surface area contributed by atoms with Gasteiger partial charge in [-0.05, 0) is 55.8 Å². The van der Waals surface area contributed by atoms with Gasteiger partial charge >= 0.3 is 6.01 Å². The lowest BCUT2D eigenvalue weighted by Gasteiger charge is -2.41. The Morgan fingerprint density at radius 2 is 2.02 bits per heavy atom. The Balaban J connectivity index is 1.25. The van der Waals surface area contributed by atoms with Crippen molar-refractivity contribution in [2.75, 3.05) is 37.7 Å². The number of nitrogens with one attached hydrogen (secondary N) is 1. The van der Waals surface area contributed by atoms with Gasteiger partial charge in [-0.15, -0.1) is 6.42 Å². The molecule has 4 unspecified atom stereocenters. The number of carbonyl (C=O) groups excluding carboxylic acids is 1. The van der Waals surface area contributed by atoms with Crippen molar-refractivity contribution in [1.82, 2.24) is 24.8 Å². The van der Waals surface area contributed by atoms with E-state index >= 15 is 4.39 Å². The van der Waals surface area contributed by atoms with Crippen LogP contribution in [0.4, 0.5) is 14.6 Å². The summed E-state index contributed by atoms with van der Waals surface area (Å²) in [4.78, 5) is 32.4. The molecule has 4 atom stereocenters. The first kappa shape index (κ1) is 29.5. The number of benzene rings is 2. The smallest absolute Gasteiger partial charge is 0.319 e. The molecule has 1 amide bonds. The number of rotatable bonds is 6. The fourth-order valence-electron chi connectivity index (χ4n) is 8.39. The van der Waals surface area contributed by atoms with Crippen molar-refractivity contribution in [2.45, 2.75) is 55.9 Å². The summed E-state index contributed by atoms with van der Waals surface area (Å²) >= 11 is 0.